The Morgan fingerprint density at radius 1 is 1.27 bits per heavy atom. The molecule has 0 aliphatic heterocycles. The molecule has 0 fully saturated rings. The number of hydrogen-bond donors (Lipinski definition) is 2. The molecule has 0 amide bonds. The van der Waals surface area contributed by atoms with Gasteiger partial charge in [-0.15, -0.1) is 0 Å². The van der Waals surface area contributed by atoms with Crippen LogP contribution in [0.1, 0.15) is 31.7 Å². The van der Waals surface area contributed by atoms with Crippen molar-refractivity contribution in [2.24, 2.45) is 0 Å². The van der Waals surface area contributed by atoms with E-state index in [0.29, 0.717) is 5.92 Å². The summed E-state index contributed by atoms with van der Waals surface area (Å²) in [6, 6.07) is 6.32. The fraction of sp³-hybridized carbons (Fsp3) is 0.400. The van der Waals surface area contributed by atoms with Gasteiger partial charge in [0.2, 0.25) is 0 Å². The van der Waals surface area contributed by atoms with Crippen LogP contribution < -0.4 is 6.15 Å². The van der Waals surface area contributed by atoms with Gasteiger partial charge in [0.1, 0.15) is 0 Å². The highest BCUT2D eigenvalue weighted by Gasteiger charge is 2.09. The predicted molar refractivity (Wildman–Crippen MR) is 60.0 cm³/mol. The van der Waals surface area contributed by atoms with Crippen molar-refractivity contribution < 1.29 is 13.0 Å². The molecule has 4 nitrogen and oxygen atoms in total. The Bertz CT molecular complexity index is 397. The number of benzene rings is 1. The topological polar surface area (TPSA) is 89.4 Å². The molecule has 86 valence electrons. The zero-order valence-electron chi connectivity index (χ0n) is 8.97. The largest absolute Gasteiger partial charge is 0.344 e. The summed E-state index contributed by atoms with van der Waals surface area (Å²) in [5.41, 5.74) is 1.08. The molecular weight excluding hydrogens is 214 g/mol. The van der Waals surface area contributed by atoms with Crippen molar-refractivity contribution in [2.45, 2.75) is 31.1 Å². The lowest BCUT2D eigenvalue weighted by atomic mass is 9.99. The summed E-state index contributed by atoms with van der Waals surface area (Å²) in [6.45, 7) is 4.14. The molecule has 5 heteroatoms. The zero-order chi connectivity index (χ0) is 10.8. The molecule has 0 heterocycles. The molecule has 0 aromatic heterocycles. The Kier molecular flexibility index (Phi) is 4.93. The summed E-state index contributed by atoms with van der Waals surface area (Å²) in [4.78, 5) is -0.0513. The van der Waals surface area contributed by atoms with Gasteiger partial charge in [-0.1, -0.05) is 26.0 Å². The first kappa shape index (κ1) is 14.1. The van der Waals surface area contributed by atoms with Gasteiger partial charge in [0.25, 0.3) is 10.1 Å². The van der Waals surface area contributed by atoms with Gasteiger partial charge in [0.15, 0.2) is 0 Å². The van der Waals surface area contributed by atoms with E-state index in [1.807, 2.05) is 0 Å². The van der Waals surface area contributed by atoms with Gasteiger partial charge in [0.05, 0.1) is 4.90 Å². The van der Waals surface area contributed by atoms with Crippen LogP contribution in [-0.4, -0.2) is 13.0 Å². The summed E-state index contributed by atoms with van der Waals surface area (Å²) < 4.78 is 30.2. The maximum atomic E-state index is 10.7. The fourth-order valence-corrected chi connectivity index (χ4v) is 1.68. The summed E-state index contributed by atoms with van der Waals surface area (Å²) in [5, 5.41) is 0. The van der Waals surface area contributed by atoms with Crippen molar-refractivity contribution in [3.63, 3.8) is 0 Å². The predicted octanol–water partition coefficient (Wildman–Crippen LogP) is 2.61. The zero-order valence-corrected chi connectivity index (χ0v) is 9.79. The van der Waals surface area contributed by atoms with E-state index in [1.54, 1.807) is 12.1 Å². The van der Waals surface area contributed by atoms with Crippen molar-refractivity contribution >= 4 is 10.1 Å². The molecule has 0 saturated heterocycles. The molecule has 1 aromatic rings. The first-order valence-electron chi connectivity index (χ1n) is 4.52. The Hall–Kier alpha value is -0.910. The Balaban J connectivity index is 0.00000196. The molecule has 1 rings (SSSR count). The highest BCUT2D eigenvalue weighted by atomic mass is 32.2. The molecule has 4 N–H and O–H groups in total. The van der Waals surface area contributed by atoms with Crippen molar-refractivity contribution in [1.82, 2.24) is 6.15 Å². The third-order valence-corrected chi connectivity index (χ3v) is 3.23. The molecule has 0 bridgehead atoms. The first-order valence-corrected chi connectivity index (χ1v) is 5.96. The minimum absolute atomic E-state index is 0. The second kappa shape index (κ2) is 5.25. The van der Waals surface area contributed by atoms with Gasteiger partial charge >= 0.3 is 0 Å². The SMILES string of the molecule is CCC(C)c1ccc(S(=O)(=O)O)cc1.N. The molecule has 0 saturated carbocycles. The highest BCUT2D eigenvalue weighted by Crippen LogP contribution is 2.20. The summed E-state index contributed by atoms with van der Waals surface area (Å²) in [7, 11) is -4.05. The van der Waals surface area contributed by atoms with Crippen LogP contribution in [0.25, 0.3) is 0 Å². The molecule has 1 atom stereocenters. The lowest BCUT2D eigenvalue weighted by Crippen LogP contribution is -1.98. The van der Waals surface area contributed by atoms with Gasteiger partial charge in [-0.25, -0.2) is 0 Å². The van der Waals surface area contributed by atoms with E-state index in [-0.39, 0.29) is 11.0 Å². The van der Waals surface area contributed by atoms with E-state index >= 15 is 0 Å². The van der Waals surface area contributed by atoms with Crippen molar-refractivity contribution in [3.05, 3.63) is 29.8 Å². The van der Waals surface area contributed by atoms with Gasteiger partial charge in [0, 0.05) is 0 Å². The van der Waals surface area contributed by atoms with Gasteiger partial charge in [-0.3, -0.25) is 4.55 Å². The molecule has 0 aliphatic carbocycles. The van der Waals surface area contributed by atoms with E-state index < -0.39 is 10.1 Å². The molecule has 1 unspecified atom stereocenters. The van der Waals surface area contributed by atoms with Crippen molar-refractivity contribution in [2.75, 3.05) is 0 Å². The monoisotopic (exact) mass is 231 g/mol. The normalized spacial score (nSPS) is 13.0. The maximum absolute atomic E-state index is 10.7. The maximum Gasteiger partial charge on any atom is 0.294 e. The first-order chi connectivity index (χ1) is 6.45. The van der Waals surface area contributed by atoms with Crippen LogP contribution in [0.4, 0.5) is 0 Å². The smallest absolute Gasteiger partial charge is 0.294 e. The van der Waals surface area contributed by atoms with Crippen LogP contribution in [0, 0.1) is 0 Å². The molecular formula is C10H17NO3S. The minimum atomic E-state index is -4.05. The van der Waals surface area contributed by atoms with Crippen LogP contribution in [0.3, 0.4) is 0 Å². The van der Waals surface area contributed by atoms with E-state index in [9.17, 15) is 8.42 Å². The standard InChI is InChI=1S/C10H14O3S.H3N/c1-3-8(2)9-4-6-10(7-5-9)14(11,12)13;/h4-8H,3H2,1-2H3,(H,11,12,13);1H3. The molecule has 0 spiro atoms. The van der Waals surface area contributed by atoms with Gasteiger partial charge in [-0.05, 0) is 30.0 Å². The average molecular weight is 231 g/mol. The van der Waals surface area contributed by atoms with Crippen molar-refractivity contribution in [3.8, 4) is 0 Å². The summed E-state index contributed by atoms with van der Waals surface area (Å²) in [6.07, 6.45) is 1.01. The molecule has 15 heavy (non-hydrogen) atoms. The lowest BCUT2D eigenvalue weighted by molar-refractivity contribution is 0.483. The van der Waals surface area contributed by atoms with Crippen LogP contribution in [0.15, 0.2) is 29.2 Å². The van der Waals surface area contributed by atoms with Crippen LogP contribution in [0.2, 0.25) is 0 Å². The van der Waals surface area contributed by atoms with E-state index in [0.717, 1.165) is 12.0 Å². The van der Waals surface area contributed by atoms with Crippen molar-refractivity contribution in [1.29, 1.82) is 0 Å². The Morgan fingerprint density at radius 2 is 1.73 bits per heavy atom. The fourth-order valence-electron chi connectivity index (χ4n) is 1.20. The van der Waals surface area contributed by atoms with Crippen LogP contribution in [0.5, 0.6) is 0 Å². The van der Waals surface area contributed by atoms with E-state index in [1.165, 1.54) is 12.1 Å². The van der Waals surface area contributed by atoms with Gasteiger partial charge < -0.3 is 6.15 Å². The Morgan fingerprint density at radius 3 is 2.07 bits per heavy atom. The number of hydrogen-bond acceptors (Lipinski definition) is 3. The van der Waals surface area contributed by atoms with Crippen LogP contribution in [-0.2, 0) is 10.1 Å². The van der Waals surface area contributed by atoms with Crippen LogP contribution >= 0.6 is 0 Å². The lowest BCUT2D eigenvalue weighted by Gasteiger charge is -2.08. The minimum Gasteiger partial charge on any atom is -0.344 e. The summed E-state index contributed by atoms with van der Waals surface area (Å²) in [5.74, 6) is 0.408. The average Bonchev–Trinajstić information content (AvgIpc) is 2.15. The third kappa shape index (κ3) is 3.62. The molecule has 0 radical (unpaired) electrons. The molecule has 0 aliphatic rings. The van der Waals surface area contributed by atoms with E-state index in [4.69, 9.17) is 4.55 Å². The quantitative estimate of drug-likeness (QED) is 0.782. The third-order valence-electron chi connectivity index (χ3n) is 2.36. The highest BCUT2D eigenvalue weighted by molar-refractivity contribution is 7.85. The second-order valence-electron chi connectivity index (χ2n) is 3.35. The Labute approximate surface area is 90.7 Å². The second-order valence-corrected chi connectivity index (χ2v) is 4.77. The van der Waals surface area contributed by atoms with E-state index in [2.05, 4.69) is 13.8 Å². The summed E-state index contributed by atoms with van der Waals surface area (Å²) >= 11 is 0. The molecule has 1 aromatic carbocycles. The van der Waals surface area contributed by atoms with Gasteiger partial charge in [-0.2, -0.15) is 8.42 Å². The number of rotatable bonds is 3.